The zero-order chi connectivity index (χ0) is 32.7. The molecule has 4 nitrogen and oxygen atoms in total. The summed E-state index contributed by atoms with van der Waals surface area (Å²) in [6.45, 7) is 1.78. The highest BCUT2D eigenvalue weighted by Crippen LogP contribution is 2.40. The second kappa shape index (κ2) is 15.4. The smallest absolute Gasteiger partial charge is 0.453 e. The molecule has 0 spiro atoms. The molecule has 250 valence electrons. The Kier molecular flexibility index (Phi) is 12.1. The van der Waals surface area contributed by atoms with Gasteiger partial charge >= 0.3 is 12.1 Å². The van der Waals surface area contributed by atoms with Crippen molar-refractivity contribution in [2.75, 3.05) is 24.6 Å². The minimum absolute atomic E-state index is 0.190. The Morgan fingerprint density at radius 3 is 2.42 bits per heavy atom. The summed E-state index contributed by atoms with van der Waals surface area (Å²) in [6.07, 6.45) is 2.63. The van der Waals surface area contributed by atoms with Crippen LogP contribution in [-0.2, 0) is 16.3 Å². The first-order valence-corrected chi connectivity index (χ1v) is 17.8. The van der Waals surface area contributed by atoms with Gasteiger partial charge in [-0.05, 0) is 129 Å². The van der Waals surface area contributed by atoms with Crippen molar-refractivity contribution in [3.05, 3.63) is 65.0 Å². The number of allylic oxidation sites excluding steroid dienone is 2. The fourth-order valence-corrected chi connectivity index (χ4v) is 8.06. The number of rotatable bonds is 15. The highest BCUT2D eigenvalue weighted by atomic mass is 32.2. The minimum atomic E-state index is -5.75. The van der Waals surface area contributed by atoms with Crippen molar-refractivity contribution in [3.63, 3.8) is 0 Å². The number of likely N-dealkylation sites (tertiary alicyclic amines) is 1. The SMILES string of the molecule is O=S(=O)(CCC[C@H]1CCCN1CCCCCCC1=C(c2cccc(F)c2)CCCc2cc(O)ccc21)CCC(F)(F)C(F)(F)F. The van der Waals surface area contributed by atoms with Crippen LogP contribution in [0.4, 0.5) is 26.3 Å². The standard InChI is InChI=1S/C34H43F6NO3S/c35-27-11-5-9-25(23-27)30-15-6-10-26-24-29(42)16-17-31(26)32(30)14-3-1-2-4-19-41-20-7-12-28(41)13-8-21-45(43,44)22-18-33(36,37)34(38,39)40/h5,9,11,16-17,23-24,28,42H,1-4,6-8,10,12-15,18-22H2/t28-/m1/s1. The maximum Gasteiger partial charge on any atom is 0.453 e. The number of alkyl halides is 5. The van der Waals surface area contributed by atoms with E-state index < -0.39 is 34.1 Å². The number of hydrogen-bond donors (Lipinski definition) is 1. The zero-order valence-corrected chi connectivity index (χ0v) is 26.3. The number of nitrogens with zero attached hydrogens (tertiary/aromatic N) is 1. The monoisotopic (exact) mass is 659 g/mol. The highest BCUT2D eigenvalue weighted by Gasteiger charge is 2.57. The van der Waals surface area contributed by atoms with Crippen LogP contribution in [0.1, 0.15) is 93.7 Å². The number of fused-ring (bicyclic) bond motifs is 1. The molecule has 0 bridgehead atoms. The Morgan fingerprint density at radius 2 is 1.67 bits per heavy atom. The number of benzene rings is 2. The summed E-state index contributed by atoms with van der Waals surface area (Å²) in [5.41, 5.74) is 5.52. The molecule has 2 aromatic rings. The highest BCUT2D eigenvalue weighted by molar-refractivity contribution is 7.91. The number of sulfone groups is 1. The number of aromatic hydroxyl groups is 1. The van der Waals surface area contributed by atoms with Gasteiger partial charge in [-0.15, -0.1) is 0 Å². The number of aryl methyl sites for hydroxylation is 1. The molecule has 0 saturated carbocycles. The number of phenols is 1. The average molecular weight is 660 g/mol. The van der Waals surface area contributed by atoms with E-state index in [1.165, 1.54) is 11.6 Å². The molecular weight excluding hydrogens is 616 g/mol. The lowest BCUT2D eigenvalue weighted by Gasteiger charge is -2.24. The van der Waals surface area contributed by atoms with Gasteiger partial charge in [0.25, 0.3) is 0 Å². The predicted octanol–water partition coefficient (Wildman–Crippen LogP) is 8.98. The second-order valence-corrected chi connectivity index (χ2v) is 14.7. The number of hydrogen-bond acceptors (Lipinski definition) is 4. The van der Waals surface area contributed by atoms with Gasteiger partial charge in [-0.25, -0.2) is 12.8 Å². The lowest BCUT2D eigenvalue weighted by atomic mass is 9.89. The third kappa shape index (κ3) is 9.98. The van der Waals surface area contributed by atoms with Gasteiger partial charge < -0.3 is 10.0 Å². The van der Waals surface area contributed by atoms with E-state index in [0.29, 0.717) is 6.42 Å². The number of phenolic OH excluding ortho intramolecular Hbond substituents is 1. The normalized spacial score (nSPS) is 18.3. The summed E-state index contributed by atoms with van der Waals surface area (Å²) in [6, 6.07) is 12.4. The van der Waals surface area contributed by atoms with Crippen LogP contribution in [0, 0.1) is 5.82 Å². The molecule has 1 aliphatic heterocycles. The minimum Gasteiger partial charge on any atom is -0.508 e. The summed E-state index contributed by atoms with van der Waals surface area (Å²) in [4.78, 5) is 2.34. The Bertz CT molecular complexity index is 1420. The molecule has 0 aromatic heterocycles. The molecule has 1 fully saturated rings. The number of unbranched alkanes of at least 4 members (excludes halogenated alkanes) is 3. The lowest BCUT2D eigenvalue weighted by molar-refractivity contribution is -0.282. The Labute approximate surface area is 262 Å². The van der Waals surface area contributed by atoms with Crippen molar-refractivity contribution in [1.82, 2.24) is 4.90 Å². The van der Waals surface area contributed by atoms with Crippen LogP contribution in [0.25, 0.3) is 11.1 Å². The molecule has 1 aliphatic carbocycles. The Morgan fingerprint density at radius 1 is 0.889 bits per heavy atom. The van der Waals surface area contributed by atoms with E-state index in [9.17, 15) is 39.9 Å². The summed E-state index contributed by atoms with van der Waals surface area (Å²) in [7, 11) is -4.00. The van der Waals surface area contributed by atoms with E-state index >= 15 is 0 Å². The van der Waals surface area contributed by atoms with E-state index in [0.717, 1.165) is 99.6 Å². The van der Waals surface area contributed by atoms with Crippen LogP contribution in [-0.4, -0.2) is 61.2 Å². The van der Waals surface area contributed by atoms with Crippen LogP contribution in [0.15, 0.2) is 42.5 Å². The molecule has 45 heavy (non-hydrogen) atoms. The van der Waals surface area contributed by atoms with E-state index in [1.54, 1.807) is 18.2 Å². The average Bonchev–Trinajstić information content (AvgIpc) is 3.33. The van der Waals surface area contributed by atoms with Crippen molar-refractivity contribution in [1.29, 1.82) is 0 Å². The van der Waals surface area contributed by atoms with Gasteiger partial charge in [0.1, 0.15) is 11.6 Å². The Hall–Kier alpha value is -2.53. The van der Waals surface area contributed by atoms with E-state index in [2.05, 4.69) is 4.90 Å². The summed E-state index contributed by atoms with van der Waals surface area (Å²) in [5.74, 6) is -6.59. The second-order valence-electron chi connectivity index (χ2n) is 12.4. The first kappa shape index (κ1) is 35.3. The molecular formula is C34H43F6NO3S. The van der Waals surface area contributed by atoms with Gasteiger partial charge in [-0.2, -0.15) is 22.0 Å². The molecule has 1 N–H and O–H groups in total. The van der Waals surface area contributed by atoms with Gasteiger partial charge in [-0.3, -0.25) is 0 Å². The number of halogens is 6. The van der Waals surface area contributed by atoms with Crippen molar-refractivity contribution in [3.8, 4) is 5.75 Å². The molecule has 1 heterocycles. The zero-order valence-electron chi connectivity index (χ0n) is 25.5. The van der Waals surface area contributed by atoms with Crippen molar-refractivity contribution >= 4 is 21.0 Å². The molecule has 2 aliphatic rings. The molecule has 1 saturated heterocycles. The van der Waals surface area contributed by atoms with Gasteiger partial charge in [0, 0.05) is 12.5 Å². The van der Waals surface area contributed by atoms with Crippen molar-refractivity contribution < 1.29 is 39.9 Å². The van der Waals surface area contributed by atoms with Crippen LogP contribution in [0.2, 0.25) is 0 Å². The lowest BCUT2D eigenvalue weighted by Crippen LogP contribution is -2.38. The summed E-state index contributed by atoms with van der Waals surface area (Å²) >= 11 is 0. The van der Waals surface area contributed by atoms with Gasteiger partial charge in [0.15, 0.2) is 9.84 Å². The van der Waals surface area contributed by atoms with Crippen LogP contribution < -0.4 is 0 Å². The van der Waals surface area contributed by atoms with Crippen LogP contribution in [0.5, 0.6) is 5.75 Å². The predicted molar refractivity (Wildman–Crippen MR) is 165 cm³/mol. The van der Waals surface area contributed by atoms with E-state index in [1.807, 2.05) is 18.2 Å². The van der Waals surface area contributed by atoms with Crippen molar-refractivity contribution in [2.24, 2.45) is 0 Å². The van der Waals surface area contributed by atoms with Crippen LogP contribution in [0.3, 0.4) is 0 Å². The van der Waals surface area contributed by atoms with Gasteiger partial charge in [0.2, 0.25) is 0 Å². The molecule has 2 aromatic carbocycles. The summed E-state index contributed by atoms with van der Waals surface area (Å²) < 4.78 is 102. The third-order valence-corrected chi connectivity index (χ3v) is 10.8. The molecule has 0 unspecified atom stereocenters. The third-order valence-electron chi connectivity index (χ3n) is 9.08. The maximum atomic E-state index is 14.1. The largest absolute Gasteiger partial charge is 0.508 e. The fraction of sp³-hybridized carbons (Fsp3) is 0.588. The van der Waals surface area contributed by atoms with E-state index in [4.69, 9.17) is 0 Å². The molecule has 11 heteroatoms. The fourth-order valence-electron chi connectivity index (χ4n) is 6.68. The first-order valence-electron chi connectivity index (χ1n) is 15.9. The first-order chi connectivity index (χ1) is 21.3. The topological polar surface area (TPSA) is 57.6 Å². The maximum absolute atomic E-state index is 14.1. The summed E-state index contributed by atoms with van der Waals surface area (Å²) in [5, 5.41) is 10.1. The molecule has 1 atom stereocenters. The van der Waals surface area contributed by atoms with Gasteiger partial charge in [-0.1, -0.05) is 31.0 Å². The van der Waals surface area contributed by atoms with Crippen molar-refractivity contribution in [2.45, 2.75) is 102 Å². The molecule has 4 rings (SSSR count). The molecule has 0 amide bonds. The Balaban J connectivity index is 1.24. The molecule has 0 radical (unpaired) electrons. The quantitative estimate of drug-likeness (QED) is 0.153. The van der Waals surface area contributed by atoms with E-state index in [-0.39, 0.29) is 29.8 Å². The van der Waals surface area contributed by atoms with Crippen LogP contribution >= 0.6 is 0 Å². The van der Waals surface area contributed by atoms with Gasteiger partial charge in [0.05, 0.1) is 11.5 Å².